The first kappa shape index (κ1) is 13.5. The second-order valence-electron chi connectivity index (χ2n) is 2.61. The number of ether oxygens (including phenoxy) is 1. The third kappa shape index (κ3) is 3.21. The third-order valence-electron chi connectivity index (χ3n) is 1.58. The fourth-order valence-corrected chi connectivity index (χ4v) is 2.02. The van der Waals surface area contributed by atoms with Crippen LogP contribution in [0.4, 0.5) is 13.2 Å². The van der Waals surface area contributed by atoms with E-state index < -0.39 is 12.1 Å². The second-order valence-corrected chi connectivity index (χ2v) is 3.90. The van der Waals surface area contributed by atoms with Crippen LogP contribution in [0.2, 0.25) is 0 Å². The van der Waals surface area contributed by atoms with E-state index in [2.05, 4.69) is 9.72 Å². The number of aromatic nitrogens is 1. The number of hydrogen-bond donors (Lipinski definition) is 0. The van der Waals surface area contributed by atoms with Crippen molar-refractivity contribution in [3.05, 3.63) is 21.0 Å². The zero-order valence-corrected chi connectivity index (χ0v) is 10.4. The smallest absolute Gasteiger partial charge is 0.405 e. The summed E-state index contributed by atoms with van der Waals surface area (Å²) >= 11 is 7.20. The first-order chi connectivity index (χ1) is 7.39. The number of hydrogen-bond acceptors (Lipinski definition) is 3. The molecule has 0 saturated heterocycles. The Bertz CT molecular complexity index is 411. The number of pyridine rings is 1. The van der Waals surface area contributed by atoms with E-state index in [9.17, 15) is 18.0 Å². The maximum absolute atomic E-state index is 12.1. The number of halogens is 5. The lowest BCUT2D eigenvalue weighted by molar-refractivity contribution is -0.275. The molecule has 0 aromatic carbocycles. The van der Waals surface area contributed by atoms with Gasteiger partial charge in [0.2, 0.25) is 0 Å². The second kappa shape index (κ2) is 5.17. The van der Waals surface area contributed by atoms with E-state index in [0.29, 0.717) is 0 Å². The van der Waals surface area contributed by atoms with Gasteiger partial charge in [0.1, 0.15) is 9.45 Å². The molecule has 0 atom stereocenters. The molecule has 0 bridgehead atoms. The van der Waals surface area contributed by atoms with E-state index in [1.165, 1.54) is 0 Å². The number of carbonyl (C=O) groups excluding carboxylic acids is 1. The molecule has 16 heavy (non-hydrogen) atoms. The van der Waals surface area contributed by atoms with Crippen LogP contribution in [-0.4, -0.2) is 17.6 Å². The molecule has 0 saturated carbocycles. The number of rotatable bonds is 3. The van der Waals surface area contributed by atoms with Gasteiger partial charge in [-0.25, -0.2) is 4.98 Å². The Morgan fingerprint density at radius 1 is 1.56 bits per heavy atom. The van der Waals surface area contributed by atoms with Gasteiger partial charge in [-0.2, -0.15) is 0 Å². The van der Waals surface area contributed by atoms with Crippen molar-refractivity contribution >= 4 is 40.5 Å². The van der Waals surface area contributed by atoms with Gasteiger partial charge in [0, 0.05) is 11.8 Å². The van der Waals surface area contributed by atoms with Gasteiger partial charge in [0.25, 0.3) is 0 Å². The van der Waals surface area contributed by atoms with Crippen molar-refractivity contribution in [1.29, 1.82) is 0 Å². The molecule has 1 aromatic heterocycles. The Morgan fingerprint density at radius 3 is 2.62 bits per heavy atom. The highest BCUT2D eigenvalue weighted by Gasteiger charge is 2.33. The van der Waals surface area contributed by atoms with Crippen LogP contribution in [0.5, 0.6) is 5.75 Å². The number of carbonyl (C=O) groups is 1. The maximum atomic E-state index is 12.1. The molecule has 1 rings (SSSR count). The lowest BCUT2D eigenvalue weighted by atomic mass is 10.2. The average molecular weight is 365 g/mol. The van der Waals surface area contributed by atoms with Gasteiger partial charge in [-0.1, -0.05) is 0 Å². The van der Waals surface area contributed by atoms with Crippen LogP contribution < -0.4 is 4.74 Å². The molecule has 0 spiro atoms. The summed E-state index contributed by atoms with van der Waals surface area (Å²) in [5.74, 6) is -0.810. The molecule has 0 N–H and O–H groups in total. The zero-order chi connectivity index (χ0) is 12.3. The highest BCUT2D eigenvalue weighted by molar-refractivity contribution is 14.1. The van der Waals surface area contributed by atoms with Crippen molar-refractivity contribution in [1.82, 2.24) is 4.98 Å². The minimum Gasteiger partial charge on any atom is -0.405 e. The van der Waals surface area contributed by atoms with E-state index >= 15 is 0 Å². The maximum Gasteiger partial charge on any atom is 0.573 e. The van der Waals surface area contributed by atoms with Crippen molar-refractivity contribution in [3.8, 4) is 5.75 Å². The van der Waals surface area contributed by atoms with Crippen LogP contribution in [0.3, 0.4) is 0 Å². The summed E-state index contributed by atoms with van der Waals surface area (Å²) in [4.78, 5) is 14.3. The highest BCUT2D eigenvalue weighted by Crippen LogP contribution is 2.32. The summed E-state index contributed by atoms with van der Waals surface area (Å²) in [5, 5.41) is 0. The van der Waals surface area contributed by atoms with Gasteiger partial charge in [-0.15, -0.1) is 24.8 Å². The van der Waals surface area contributed by atoms with Crippen molar-refractivity contribution in [2.75, 3.05) is 0 Å². The topological polar surface area (TPSA) is 39.2 Å². The number of nitrogens with zero attached hydrogens (tertiary/aromatic N) is 1. The zero-order valence-electron chi connectivity index (χ0n) is 7.52. The van der Waals surface area contributed by atoms with E-state index in [-0.39, 0.29) is 27.0 Å². The molecular weight excluding hydrogens is 361 g/mol. The molecule has 0 amide bonds. The van der Waals surface area contributed by atoms with Crippen molar-refractivity contribution in [2.24, 2.45) is 0 Å². The standard InChI is InChI=1S/C8H4ClF3INO2/c9-1-5-6(16-8(10,11)12)4(3-15)2-14-7(5)13/h2-3H,1H2. The molecule has 88 valence electrons. The largest absolute Gasteiger partial charge is 0.573 e. The molecule has 3 nitrogen and oxygen atoms in total. The van der Waals surface area contributed by atoms with Gasteiger partial charge in [-0.05, 0) is 22.6 Å². The van der Waals surface area contributed by atoms with Crippen LogP contribution in [0.15, 0.2) is 6.20 Å². The third-order valence-corrected chi connectivity index (χ3v) is 2.78. The van der Waals surface area contributed by atoms with Crippen LogP contribution in [-0.2, 0) is 5.88 Å². The monoisotopic (exact) mass is 365 g/mol. The molecule has 0 aliphatic heterocycles. The normalized spacial score (nSPS) is 11.3. The van der Waals surface area contributed by atoms with E-state index in [1.807, 2.05) is 0 Å². The van der Waals surface area contributed by atoms with Gasteiger partial charge < -0.3 is 4.74 Å². The molecule has 0 unspecified atom stereocenters. The highest BCUT2D eigenvalue weighted by atomic mass is 127. The first-order valence-corrected chi connectivity index (χ1v) is 5.44. The SMILES string of the molecule is O=Cc1cnc(I)c(CCl)c1OC(F)(F)F. The Balaban J connectivity index is 3.31. The van der Waals surface area contributed by atoms with Crippen LogP contribution in [0.25, 0.3) is 0 Å². The minimum absolute atomic E-state index is 0.0455. The summed E-state index contributed by atoms with van der Waals surface area (Å²) in [6.07, 6.45) is -3.63. The summed E-state index contributed by atoms with van der Waals surface area (Å²) in [5.41, 5.74) is -0.238. The van der Waals surface area contributed by atoms with Gasteiger partial charge in [0.15, 0.2) is 6.29 Å². The fraction of sp³-hybridized carbons (Fsp3) is 0.250. The molecule has 0 fully saturated rings. The first-order valence-electron chi connectivity index (χ1n) is 3.83. The number of alkyl halides is 4. The van der Waals surface area contributed by atoms with E-state index in [4.69, 9.17) is 11.6 Å². The molecule has 0 aliphatic carbocycles. The summed E-state index contributed by atoms with van der Waals surface area (Å²) in [6.45, 7) is 0. The molecule has 1 aromatic rings. The van der Waals surface area contributed by atoms with Crippen molar-refractivity contribution in [3.63, 3.8) is 0 Å². The Labute approximate surface area is 107 Å². The Hall–Kier alpha value is -0.570. The van der Waals surface area contributed by atoms with Crippen molar-refractivity contribution in [2.45, 2.75) is 12.2 Å². The summed E-state index contributed by atoms with van der Waals surface area (Å²) in [7, 11) is 0. The molecule has 8 heteroatoms. The van der Waals surface area contributed by atoms with Gasteiger partial charge >= 0.3 is 6.36 Å². The Morgan fingerprint density at radius 2 is 2.19 bits per heavy atom. The molecule has 0 aliphatic rings. The van der Waals surface area contributed by atoms with Crippen LogP contribution in [0.1, 0.15) is 15.9 Å². The van der Waals surface area contributed by atoms with Crippen molar-refractivity contribution < 1.29 is 22.7 Å². The molecule has 0 radical (unpaired) electrons. The van der Waals surface area contributed by atoms with Crippen LogP contribution >= 0.6 is 34.2 Å². The van der Waals surface area contributed by atoms with Crippen LogP contribution in [0, 0.1) is 3.70 Å². The lowest BCUT2D eigenvalue weighted by Gasteiger charge is -2.14. The summed E-state index contributed by atoms with van der Waals surface area (Å²) in [6, 6.07) is 0. The van der Waals surface area contributed by atoms with E-state index in [1.54, 1.807) is 22.6 Å². The summed E-state index contributed by atoms with van der Waals surface area (Å²) < 4.78 is 40.3. The van der Waals surface area contributed by atoms with Gasteiger partial charge in [0.05, 0.1) is 11.4 Å². The predicted molar refractivity (Wildman–Crippen MR) is 58.6 cm³/mol. The fourth-order valence-electron chi connectivity index (χ4n) is 0.967. The Kier molecular flexibility index (Phi) is 4.36. The lowest BCUT2D eigenvalue weighted by Crippen LogP contribution is -2.19. The minimum atomic E-state index is -4.87. The quantitative estimate of drug-likeness (QED) is 0.358. The molecular formula is C8H4ClF3INO2. The van der Waals surface area contributed by atoms with E-state index in [0.717, 1.165) is 6.20 Å². The molecule has 1 heterocycles. The van der Waals surface area contributed by atoms with Gasteiger partial charge in [-0.3, -0.25) is 4.79 Å². The predicted octanol–water partition coefficient (Wildman–Crippen LogP) is 3.14. The average Bonchev–Trinajstić information content (AvgIpc) is 2.16. The number of aldehydes is 1.